The molecule has 1 aliphatic rings. The highest BCUT2D eigenvalue weighted by molar-refractivity contribution is 5.81. The first kappa shape index (κ1) is 19.7. The van der Waals surface area contributed by atoms with Crippen LogP contribution >= 0.6 is 0 Å². The van der Waals surface area contributed by atoms with Gasteiger partial charge in [0, 0.05) is 32.1 Å². The molecule has 0 saturated carbocycles. The van der Waals surface area contributed by atoms with Crippen LogP contribution in [0.15, 0.2) is 0 Å². The average molecular weight is 337 g/mol. The summed E-state index contributed by atoms with van der Waals surface area (Å²) in [5, 5.41) is 0. The minimum Gasteiger partial charge on any atom is -0.342 e. The van der Waals surface area contributed by atoms with Crippen LogP contribution in [0.5, 0.6) is 0 Å². The number of amides is 2. The van der Waals surface area contributed by atoms with Crippen LogP contribution in [0.2, 0.25) is 0 Å². The van der Waals surface area contributed by atoms with Crippen LogP contribution in [0, 0.1) is 5.92 Å². The molecule has 2 unspecified atom stereocenters. The normalized spacial score (nSPS) is 20.3. The fourth-order valence-electron chi connectivity index (χ4n) is 2.73. The molecule has 1 fully saturated rings. The van der Waals surface area contributed by atoms with Crippen LogP contribution in [-0.4, -0.2) is 60.0 Å². The molecule has 0 aliphatic carbocycles. The van der Waals surface area contributed by atoms with Crippen molar-refractivity contribution in [2.75, 3.05) is 26.2 Å². The molecule has 0 bridgehead atoms. The van der Waals surface area contributed by atoms with E-state index in [1.54, 1.807) is 4.90 Å². The van der Waals surface area contributed by atoms with Crippen molar-refractivity contribution in [3.63, 3.8) is 0 Å². The van der Waals surface area contributed by atoms with Gasteiger partial charge < -0.3 is 15.5 Å². The van der Waals surface area contributed by atoms with E-state index in [9.17, 15) is 22.8 Å². The summed E-state index contributed by atoms with van der Waals surface area (Å²) in [6, 6.07) is -0.0801. The second-order valence-corrected chi connectivity index (χ2v) is 6.16. The van der Waals surface area contributed by atoms with Gasteiger partial charge in [-0.1, -0.05) is 0 Å². The summed E-state index contributed by atoms with van der Waals surface area (Å²) >= 11 is 0. The lowest BCUT2D eigenvalue weighted by Crippen LogP contribution is -2.48. The molecule has 2 atom stereocenters. The number of nitrogens with two attached hydrogens (primary N) is 1. The van der Waals surface area contributed by atoms with Crippen molar-refractivity contribution in [1.29, 1.82) is 0 Å². The summed E-state index contributed by atoms with van der Waals surface area (Å²) in [6.45, 7) is 2.85. The van der Waals surface area contributed by atoms with Crippen LogP contribution in [0.4, 0.5) is 13.2 Å². The molecular weight excluding hydrogens is 311 g/mol. The standard InChI is InChI=1S/C15H26F3N3O2/c1-3-20(10-15(16,17)18)14(23)12-5-4-8-21(9-12)13(22)7-6-11(2)19/h11-12H,3-10,19H2,1-2H3. The Hall–Kier alpha value is -1.31. The molecular formula is C15H26F3N3O2. The molecule has 0 spiro atoms. The third-order valence-electron chi connectivity index (χ3n) is 4.00. The van der Waals surface area contributed by atoms with Crippen LogP contribution in [0.25, 0.3) is 0 Å². The highest BCUT2D eigenvalue weighted by Crippen LogP contribution is 2.23. The van der Waals surface area contributed by atoms with Gasteiger partial charge in [-0.3, -0.25) is 9.59 Å². The van der Waals surface area contributed by atoms with Crippen LogP contribution < -0.4 is 5.73 Å². The van der Waals surface area contributed by atoms with E-state index in [-0.39, 0.29) is 25.0 Å². The molecule has 1 saturated heterocycles. The fourth-order valence-corrected chi connectivity index (χ4v) is 2.73. The Bertz CT molecular complexity index is 413. The van der Waals surface area contributed by atoms with Gasteiger partial charge in [-0.15, -0.1) is 0 Å². The number of hydrogen-bond acceptors (Lipinski definition) is 3. The number of alkyl halides is 3. The molecule has 23 heavy (non-hydrogen) atoms. The maximum Gasteiger partial charge on any atom is 0.406 e. The number of rotatable bonds is 6. The van der Waals surface area contributed by atoms with Gasteiger partial charge in [0.2, 0.25) is 11.8 Å². The van der Waals surface area contributed by atoms with Gasteiger partial charge in [-0.25, -0.2) is 0 Å². The topological polar surface area (TPSA) is 66.6 Å². The summed E-state index contributed by atoms with van der Waals surface area (Å²) in [6.07, 6.45) is -2.40. The SMILES string of the molecule is CCN(CC(F)(F)F)C(=O)C1CCCN(C(=O)CCC(C)N)C1. The van der Waals surface area contributed by atoms with Crippen LogP contribution in [0.1, 0.15) is 39.5 Å². The van der Waals surface area contributed by atoms with Gasteiger partial charge in [0.15, 0.2) is 0 Å². The van der Waals surface area contributed by atoms with E-state index in [0.29, 0.717) is 32.2 Å². The fraction of sp³-hybridized carbons (Fsp3) is 0.867. The van der Waals surface area contributed by atoms with Crippen molar-refractivity contribution in [2.24, 2.45) is 11.7 Å². The van der Waals surface area contributed by atoms with Crippen molar-refractivity contribution in [3.8, 4) is 0 Å². The number of carbonyl (C=O) groups excluding carboxylic acids is 2. The Morgan fingerprint density at radius 1 is 1.39 bits per heavy atom. The zero-order chi connectivity index (χ0) is 17.6. The maximum atomic E-state index is 12.5. The zero-order valence-corrected chi connectivity index (χ0v) is 13.7. The minimum atomic E-state index is -4.41. The molecule has 0 radical (unpaired) electrons. The van der Waals surface area contributed by atoms with Crippen molar-refractivity contribution >= 4 is 11.8 Å². The van der Waals surface area contributed by atoms with Crippen LogP contribution in [-0.2, 0) is 9.59 Å². The molecule has 0 aromatic heterocycles. The van der Waals surface area contributed by atoms with Gasteiger partial charge in [0.25, 0.3) is 0 Å². The third kappa shape index (κ3) is 6.76. The minimum absolute atomic E-state index is 0.00742. The van der Waals surface area contributed by atoms with Crippen molar-refractivity contribution in [3.05, 3.63) is 0 Å². The largest absolute Gasteiger partial charge is 0.406 e. The Kier molecular flexibility index (Phi) is 7.31. The third-order valence-corrected chi connectivity index (χ3v) is 4.00. The Labute approximate surface area is 135 Å². The van der Waals surface area contributed by atoms with E-state index in [4.69, 9.17) is 5.73 Å². The van der Waals surface area contributed by atoms with Crippen LogP contribution in [0.3, 0.4) is 0 Å². The molecule has 1 aliphatic heterocycles. The van der Waals surface area contributed by atoms with E-state index < -0.39 is 24.5 Å². The molecule has 0 aromatic rings. The summed E-state index contributed by atoms with van der Waals surface area (Å²) < 4.78 is 37.6. The van der Waals surface area contributed by atoms with Gasteiger partial charge in [0.1, 0.15) is 6.54 Å². The van der Waals surface area contributed by atoms with Gasteiger partial charge in [-0.2, -0.15) is 13.2 Å². The number of hydrogen-bond donors (Lipinski definition) is 1. The summed E-state index contributed by atoms with van der Waals surface area (Å²) in [4.78, 5) is 26.8. The van der Waals surface area contributed by atoms with Gasteiger partial charge in [0.05, 0.1) is 5.92 Å². The van der Waals surface area contributed by atoms with Gasteiger partial charge >= 0.3 is 6.18 Å². The first-order valence-corrected chi connectivity index (χ1v) is 8.03. The molecule has 8 heteroatoms. The first-order chi connectivity index (χ1) is 10.6. The van der Waals surface area contributed by atoms with E-state index in [1.807, 2.05) is 6.92 Å². The van der Waals surface area contributed by atoms with E-state index in [0.717, 1.165) is 4.90 Å². The number of carbonyl (C=O) groups is 2. The average Bonchev–Trinajstić information content (AvgIpc) is 2.48. The summed E-state index contributed by atoms with van der Waals surface area (Å²) in [5.41, 5.74) is 5.62. The molecule has 2 amide bonds. The molecule has 1 rings (SSSR count). The maximum absolute atomic E-state index is 12.5. The highest BCUT2D eigenvalue weighted by atomic mass is 19.4. The molecule has 2 N–H and O–H groups in total. The lowest BCUT2D eigenvalue weighted by molar-refractivity contribution is -0.164. The second-order valence-electron chi connectivity index (χ2n) is 6.16. The number of nitrogens with zero attached hydrogens (tertiary/aromatic N) is 2. The lowest BCUT2D eigenvalue weighted by atomic mass is 9.96. The number of piperidine rings is 1. The Balaban J connectivity index is 2.62. The predicted molar refractivity (Wildman–Crippen MR) is 80.5 cm³/mol. The van der Waals surface area contributed by atoms with E-state index in [1.165, 1.54) is 6.92 Å². The Morgan fingerprint density at radius 2 is 2.04 bits per heavy atom. The first-order valence-electron chi connectivity index (χ1n) is 8.03. The smallest absolute Gasteiger partial charge is 0.342 e. The quantitative estimate of drug-likeness (QED) is 0.803. The monoisotopic (exact) mass is 337 g/mol. The predicted octanol–water partition coefficient (Wildman–Crippen LogP) is 1.76. The van der Waals surface area contributed by atoms with Crippen molar-refractivity contribution in [2.45, 2.75) is 51.7 Å². The van der Waals surface area contributed by atoms with Crippen molar-refractivity contribution < 1.29 is 22.8 Å². The lowest BCUT2D eigenvalue weighted by Gasteiger charge is -2.35. The molecule has 1 heterocycles. The number of likely N-dealkylation sites (tertiary alicyclic amines) is 1. The summed E-state index contributed by atoms with van der Waals surface area (Å²) in [7, 11) is 0. The van der Waals surface area contributed by atoms with E-state index >= 15 is 0 Å². The Morgan fingerprint density at radius 3 is 2.57 bits per heavy atom. The zero-order valence-electron chi connectivity index (χ0n) is 13.7. The molecule has 5 nitrogen and oxygen atoms in total. The van der Waals surface area contributed by atoms with Gasteiger partial charge in [-0.05, 0) is 33.1 Å². The second kappa shape index (κ2) is 8.52. The molecule has 0 aromatic carbocycles. The highest BCUT2D eigenvalue weighted by Gasteiger charge is 2.36. The summed E-state index contributed by atoms with van der Waals surface area (Å²) in [5.74, 6) is -1.15. The molecule has 134 valence electrons. The van der Waals surface area contributed by atoms with Crippen molar-refractivity contribution in [1.82, 2.24) is 9.80 Å². The number of halogens is 3. The van der Waals surface area contributed by atoms with E-state index in [2.05, 4.69) is 0 Å².